The van der Waals surface area contributed by atoms with Gasteiger partial charge in [-0.05, 0) is 0 Å². The number of aliphatic carboxylic acids is 1. The molecule has 2 heterocycles. The highest BCUT2D eigenvalue weighted by atomic mass is 32.2. The first-order chi connectivity index (χ1) is 9.19. The van der Waals surface area contributed by atoms with Gasteiger partial charge in [-0.25, -0.2) is 0 Å². The van der Waals surface area contributed by atoms with Crippen LogP contribution >= 0.6 is 11.8 Å². The van der Waals surface area contributed by atoms with E-state index in [0.717, 1.165) is 11.8 Å². The van der Waals surface area contributed by atoms with Crippen LogP contribution in [0, 0.1) is 0 Å². The molecule has 1 fully saturated rings. The van der Waals surface area contributed by atoms with Crippen LogP contribution in [0.25, 0.3) is 0 Å². The van der Waals surface area contributed by atoms with E-state index >= 15 is 0 Å². The van der Waals surface area contributed by atoms with Crippen LogP contribution in [0.15, 0.2) is 5.16 Å². The topological polar surface area (TPSA) is 97.7 Å². The largest absolute Gasteiger partial charge is 0.481 e. The Morgan fingerprint density at radius 3 is 2.79 bits per heavy atom. The lowest BCUT2D eigenvalue weighted by atomic mass is 10.4. The Bertz CT molecular complexity index is 453. The van der Waals surface area contributed by atoms with Crippen molar-refractivity contribution in [3.05, 3.63) is 0 Å². The number of hydrogen-bond donors (Lipinski definition) is 1. The first kappa shape index (κ1) is 13.8. The molecule has 0 atom stereocenters. The lowest BCUT2D eigenvalue weighted by Gasteiger charge is -2.26. The van der Waals surface area contributed by atoms with Crippen LogP contribution in [-0.2, 0) is 9.53 Å². The van der Waals surface area contributed by atoms with Crippen LogP contribution in [0.4, 0.5) is 5.95 Å². The van der Waals surface area contributed by atoms with E-state index in [2.05, 4.69) is 15.0 Å². The Kier molecular flexibility index (Phi) is 4.74. The molecule has 1 aromatic rings. The van der Waals surface area contributed by atoms with Crippen molar-refractivity contribution in [3.63, 3.8) is 0 Å². The average Bonchev–Trinajstić information content (AvgIpc) is 2.45. The Morgan fingerprint density at radius 1 is 1.42 bits per heavy atom. The first-order valence-corrected chi connectivity index (χ1v) is 6.65. The number of hydrogen-bond acceptors (Lipinski definition) is 8. The maximum atomic E-state index is 10.6. The van der Waals surface area contributed by atoms with Gasteiger partial charge in [-0.15, -0.1) is 0 Å². The molecule has 1 aliphatic heterocycles. The molecule has 1 aromatic heterocycles. The quantitative estimate of drug-likeness (QED) is 0.743. The lowest BCUT2D eigenvalue weighted by molar-refractivity contribution is -0.133. The monoisotopic (exact) mass is 286 g/mol. The summed E-state index contributed by atoms with van der Waals surface area (Å²) in [5.74, 6) is -0.532. The van der Waals surface area contributed by atoms with Crippen LogP contribution in [0.2, 0.25) is 0 Å². The lowest BCUT2D eigenvalue weighted by Crippen LogP contribution is -2.37. The molecule has 0 aromatic carbocycles. The minimum Gasteiger partial charge on any atom is -0.481 e. The van der Waals surface area contributed by atoms with Gasteiger partial charge in [0.05, 0.1) is 26.1 Å². The van der Waals surface area contributed by atoms with E-state index in [0.29, 0.717) is 37.4 Å². The Labute approximate surface area is 114 Å². The van der Waals surface area contributed by atoms with Crippen molar-refractivity contribution in [1.82, 2.24) is 15.0 Å². The predicted octanol–water partition coefficient (Wildman–Crippen LogP) is -0.107. The number of morpholine rings is 1. The highest BCUT2D eigenvalue weighted by Gasteiger charge is 2.17. The highest BCUT2D eigenvalue weighted by Crippen LogP contribution is 2.20. The molecule has 104 valence electrons. The maximum absolute atomic E-state index is 10.6. The van der Waals surface area contributed by atoms with E-state index in [4.69, 9.17) is 14.6 Å². The SMILES string of the molecule is COc1nc(SCC(=O)O)nc(N2CCOCC2)n1. The van der Waals surface area contributed by atoms with Crippen molar-refractivity contribution in [2.24, 2.45) is 0 Å². The minimum atomic E-state index is -0.919. The van der Waals surface area contributed by atoms with E-state index in [-0.39, 0.29) is 11.8 Å². The Hall–Kier alpha value is -1.61. The fourth-order valence-corrected chi connectivity index (χ4v) is 2.06. The second kappa shape index (κ2) is 6.53. The third-order valence-electron chi connectivity index (χ3n) is 2.38. The number of carboxylic acids is 1. The van der Waals surface area contributed by atoms with Crippen molar-refractivity contribution in [1.29, 1.82) is 0 Å². The van der Waals surface area contributed by atoms with Crippen LogP contribution in [0.3, 0.4) is 0 Å². The van der Waals surface area contributed by atoms with Crippen molar-refractivity contribution < 1.29 is 19.4 Å². The molecule has 1 saturated heterocycles. The van der Waals surface area contributed by atoms with Crippen LogP contribution in [-0.4, -0.2) is 65.2 Å². The van der Waals surface area contributed by atoms with Crippen LogP contribution in [0.5, 0.6) is 6.01 Å². The van der Waals surface area contributed by atoms with Gasteiger partial charge in [0, 0.05) is 13.1 Å². The van der Waals surface area contributed by atoms with Crippen molar-refractivity contribution in [2.75, 3.05) is 44.1 Å². The van der Waals surface area contributed by atoms with Gasteiger partial charge in [0.25, 0.3) is 0 Å². The van der Waals surface area contributed by atoms with Gasteiger partial charge >= 0.3 is 12.0 Å². The zero-order chi connectivity index (χ0) is 13.7. The molecule has 9 heteroatoms. The number of rotatable bonds is 5. The highest BCUT2D eigenvalue weighted by molar-refractivity contribution is 7.99. The second-order valence-electron chi connectivity index (χ2n) is 3.69. The molecule has 1 aliphatic rings. The smallest absolute Gasteiger partial charge is 0.321 e. The van der Waals surface area contributed by atoms with E-state index in [1.807, 2.05) is 4.90 Å². The van der Waals surface area contributed by atoms with Crippen molar-refractivity contribution in [3.8, 4) is 6.01 Å². The molecule has 0 amide bonds. The number of carboxylic acid groups (broad SMARTS) is 1. The number of nitrogens with zero attached hydrogens (tertiary/aromatic N) is 4. The van der Waals surface area contributed by atoms with E-state index in [9.17, 15) is 4.79 Å². The number of ether oxygens (including phenoxy) is 2. The van der Waals surface area contributed by atoms with Crippen LogP contribution < -0.4 is 9.64 Å². The number of anilines is 1. The summed E-state index contributed by atoms with van der Waals surface area (Å²) in [6.07, 6.45) is 0. The zero-order valence-electron chi connectivity index (χ0n) is 10.4. The fourth-order valence-electron chi connectivity index (χ4n) is 1.51. The first-order valence-electron chi connectivity index (χ1n) is 5.66. The molecule has 1 N–H and O–H groups in total. The van der Waals surface area contributed by atoms with Gasteiger partial charge in [-0.2, -0.15) is 15.0 Å². The van der Waals surface area contributed by atoms with Crippen molar-refractivity contribution in [2.45, 2.75) is 5.16 Å². The average molecular weight is 286 g/mol. The fraction of sp³-hybridized carbons (Fsp3) is 0.600. The number of aromatic nitrogens is 3. The normalized spacial score (nSPS) is 15.3. The number of carbonyl (C=O) groups is 1. The van der Waals surface area contributed by atoms with Crippen molar-refractivity contribution >= 4 is 23.7 Å². The third kappa shape index (κ3) is 3.93. The number of methoxy groups -OCH3 is 1. The Balaban J connectivity index is 2.16. The summed E-state index contributed by atoms with van der Waals surface area (Å²) in [6, 6.07) is 0.185. The summed E-state index contributed by atoms with van der Waals surface area (Å²) in [5, 5.41) is 9.01. The van der Waals surface area contributed by atoms with Gasteiger partial charge in [0.1, 0.15) is 0 Å². The zero-order valence-corrected chi connectivity index (χ0v) is 11.2. The van der Waals surface area contributed by atoms with E-state index < -0.39 is 5.97 Å². The molecule has 0 aliphatic carbocycles. The summed E-state index contributed by atoms with van der Waals surface area (Å²) in [4.78, 5) is 24.9. The molecule has 19 heavy (non-hydrogen) atoms. The second-order valence-corrected chi connectivity index (χ2v) is 4.63. The summed E-state index contributed by atoms with van der Waals surface area (Å²) in [7, 11) is 1.46. The summed E-state index contributed by atoms with van der Waals surface area (Å²) in [6.45, 7) is 2.61. The van der Waals surface area contributed by atoms with Gasteiger partial charge < -0.3 is 19.5 Å². The maximum Gasteiger partial charge on any atom is 0.321 e. The third-order valence-corrected chi connectivity index (χ3v) is 3.22. The summed E-state index contributed by atoms with van der Waals surface area (Å²) < 4.78 is 10.3. The molecule has 2 rings (SSSR count). The minimum absolute atomic E-state index is 0.101. The summed E-state index contributed by atoms with van der Waals surface area (Å²) >= 11 is 1.04. The standard InChI is InChI=1S/C10H14N4O4S/c1-17-9-11-8(14-2-4-18-5-3-14)12-10(13-9)19-6-7(15)16/h2-6H2,1H3,(H,15,16). The van der Waals surface area contributed by atoms with E-state index in [1.54, 1.807) is 0 Å². The van der Waals surface area contributed by atoms with Gasteiger partial charge in [0.15, 0.2) is 5.16 Å². The molecule has 0 radical (unpaired) electrons. The number of thioether (sulfide) groups is 1. The predicted molar refractivity (Wildman–Crippen MR) is 67.8 cm³/mol. The van der Waals surface area contributed by atoms with Crippen LogP contribution in [0.1, 0.15) is 0 Å². The molecule has 0 saturated carbocycles. The molecule has 0 spiro atoms. The summed E-state index contributed by atoms with van der Waals surface area (Å²) in [5.41, 5.74) is 0. The molecule has 0 unspecified atom stereocenters. The molecule has 0 bridgehead atoms. The molecular formula is C10H14N4O4S. The van der Waals surface area contributed by atoms with Gasteiger partial charge in [-0.1, -0.05) is 11.8 Å². The van der Waals surface area contributed by atoms with Gasteiger partial charge in [0.2, 0.25) is 5.95 Å². The molecular weight excluding hydrogens is 272 g/mol. The van der Waals surface area contributed by atoms with Gasteiger partial charge in [-0.3, -0.25) is 4.79 Å². The molecule has 8 nitrogen and oxygen atoms in total. The Morgan fingerprint density at radius 2 is 2.16 bits per heavy atom. The van der Waals surface area contributed by atoms with E-state index in [1.165, 1.54) is 7.11 Å².